The molecule has 24 heavy (non-hydrogen) atoms. The Bertz CT molecular complexity index is 790. The van der Waals surface area contributed by atoms with Gasteiger partial charge in [0.25, 0.3) is 5.91 Å². The van der Waals surface area contributed by atoms with Crippen LogP contribution in [-0.2, 0) is 0 Å². The average Bonchev–Trinajstić information content (AvgIpc) is 3.33. The highest BCUT2D eigenvalue weighted by Gasteiger charge is 2.35. The van der Waals surface area contributed by atoms with Gasteiger partial charge in [-0.15, -0.1) is 0 Å². The molecule has 8 nitrogen and oxygen atoms in total. The van der Waals surface area contributed by atoms with E-state index in [1.165, 1.54) is 12.3 Å². The summed E-state index contributed by atoms with van der Waals surface area (Å²) in [5.74, 6) is 1.68. The second-order valence-electron chi connectivity index (χ2n) is 6.45. The van der Waals surface area contributed by atoms with E-state index in [0.717, 1.165) is 25.2 Å². The van der Waals surface area contributed by atoms with Gasteiger partial charge in [0.1, 0.15) is 6.04 Å². The number of rotatable bonds is 3. The van der Waals surface area contributed by atoms with Crippen molar-refractivity contribution in [2.75, 3.05) is 26.7 Å². The number of aromatic nitrogens is 3. The van der Waals surface area contributed by atoms with Gasteiger partial charge in [0, 0.05) is 37.8 Å². The van der Waals surface area contributed by atoms with Gasteiger partial charge in [-0.1, -0.05) is 5.16 Å². The number of H-pyrrole nitrogens is 1. The molecule has 1 saturated carbocycles. The van der Waals surface area contributed by atoms with Gasteiger partial charge >= 0.3 is 0 Å². The zero-order valence-corrected chi connectivity index (χ0v) is 13.4. The molecule has 126 valence electrons. The number of nitrogens with one attached hydrogen (secondary N) is 1. The molecule has 1 aliphatic heterocycles. The Morgan fingerprint density at radius 3 is 2.88 bits per heavy atom. The van der Waals surface area contributed by atoms with Crippen LogP contribution in [-0.4, -0.2) is 57.5 Å². The van der Waals surface area contributed by atoms with Gasteiger partial charge in [-0.2, -0.15) is 4.98 Å². The van der Waals surface area contributed by atoms with Gasteiger partial charge < -0.3 is 14.4 Å². The third kappa shape index (κ3) is 2.84. The van der Waals surface area contributed by atoms with Crippen molar-refractivity contribution in [3.63, 3.8) is 0 Å². The molecule has 1 N–H and O–H groups in total. The molecule has 8 heteroatoms. The first-order chi connectivity index (χ1) is 11.6. The molecule has 1 saturated heterocycles. The number of pyridine rings is 1. The zero-order valence-electron chi connectivity index (χ0n) is 13.4. The number of hydrogen-bond acceptors (Lipinski definition) is 6. The summed E-state index contributed by atoms with van der Waals surface area (Å²) in [6.45, 7) is 1.83. The van der Waals surface area contributed by atoms with Crippen LogP contribution in [0.3, 0.4) is 0 Å². The van der Waals surface area contributed by atoms with Crippen molar-refractivity contribution >= 4 is 5.91 Å². The topological polar surface area (TPSA) is 95.3 Å². The van der Waals surface area contributed by atoms with Crippen LogP contribution in [0.2, 0.25) is 0 Å². The molecule has 0 aromatic carbocycles. The van der Waals surface area contributed by atoms with E-state index in [1.807, 2.05) is 7.05 Å². The van der Waals surface area contributed by atoms with Crippen molar-refractivity contribution in [2.45, 2.75) is 24.8 Å². The second kappa shape index (κ2) is 5.86. The standard InChI is InChI=1S/C16H19N5O3/c1-20-6-7-21(16(23)11-4-5-13(22)17-8-11)9-12(20)15-18-14(19-24-15)10-2-3-10/h4-5,8,10,12H,2-3,6-7,9H2,1H3,(H,17,22)/t12-/m0/s1. The molecule has 2 aliphatic rings. The zero-order chi connectivity index (χ0) is 16.7. The number of aromatic amines is 1. The molecule has 2 fully saturated rings. The summed E-state index contributed by atoms with van der Waals surface area (Å²) in [6.07, 6.45) is 3.70. The molecule has 1 amide bonds. The second-order valence-corrected chi connectivity index (χ2v) is 6.45. The van der Waals surface area contributed by atoms with Crippen LogP contribution >= 0.6 is 0 Å². The molecule has 0 radical (unpaired) electrons. The molecule has 3 heterocycles. The number of carbonyl (C=O) groups is 1. The van der Waals surface area contributed by atoms with Gasteiger partial charge in [-0.25, -0.2) is 0 Å². The minimum Gasteiger partial charge on any atom is -0.338 e. The van der Waals surface area contributed by atoms with Crippen LogP contribution in [0.5, 0.6) is 0 Å². The van der Waals surface area contributed by atoms with E-state index in [-0.39, 0.29) is 17.5 Å². The van der Waals surface area contributed by atoms with Crippen molar-refractivity contribution in [2.24, 2.45) is 0 Å². The lowest BCUT2D eigenvalue weighted by Crippen LogP contribution is -2.49. The quantitative estimate of drug-likeness (QED) is 0.893. The fourth-order valence-electron chi connectivity index (χ4n) is 2.94. The summed E-state index contributed by atoms with van der Waals surface area (Å²) >= 11 is 0. The van der Waals surface area contributed by atoms with Crippen molar-refractivity contribution in [1.29, 1.82) is 0 Å². The molecular weight excluding hydrogens is 310 g/mol. The Kier molecular flexibility index (Phi) is 3.68. The van der Waals surface area contributed by atoms with Crippen molar-refractivity contribution < 1.29 is 9.32 Å². The third-order valence-corrected chi connectivity index (χ3v) is 4.65. The average molecular weight is 329 g/mol. The first-order valence-corrected chi connectivity index (χ1v) is 8.13. The number of nitrogens with zero attached hydrogens (tertiary/aromatic N) is 4. The molecule has 0 spiro atoms. The first-order valence-electron chi connectivity index (χ1n) is 8.13. The predicted octanol–water partition coefficient (Wildman–Crippen LogP) is 0.764. The highest BCUT2D eigenvalue weighted by atomic mass is 16.5. The predicted molar refractivity (Wildman–Crippen MR) is 84.6 cm³/mol. The van der Waals surface area contributed by atoms with E-state index in [4.69, 9.17) is 4.52 Å². The smallest absolute Gasteiger partial charge is 0.255 e. The van der Waals surface area contributed by atoms with E-state index >= 15 is 0 Å². The fourth-order valence-corrected chi connectivity index (χ4v) is 2.94. The van der Waals surface area contributed by atoms with E-state index in [2.05, 4.69) is 20.0 Å². The maximum Gasteiger partial charge on any atom is 0.255 e. The molecule has 4 rings (SSSR count). The Balaban J connectivity index is 1.52. The Labute approximate surface area is 138 Å². The molecule has 0 unspecified atom stereocenters. The van der Waals surface area contributed by atoms with E-state index in [9.17, 15) is 9.59 Å². The van der Waals surface area contributed by atoms with Gasteiger partial charge in [0.15, 0.2) is 5.82 Å². The molecule has 2 aromatic heterocycles. The number of carbonyl (C=O) groups excluding carboxylic acids is 1. The Morgan fingerprint density at radius 2 is 2.17 bits per heavy atom. The van der Waals surface area contributed by atoms with Gasteiger partial charge in [-0.05, 0) is 26.0 Å². The maximum atomic E-state index is 12.6. The summed E-state index contributed by atoms with van der Waals surface area (Å²) in [4.78, 5) is 34.7. The molecular formula is C16H19N5O3. The lowest BCUT2D eigenvalue weighted by molar-refractivity contribution is 0.0488. The molecule has 2 aromatic rings. The summed E-state index contributed by atoms with van der Waals surface area (Å²) in [5, 5.41) is 4.07. The Hall–Kier alpha value is -2.48. The third-order valence-electron chi connectivity index (χ3n) is 4.65. The van der Waals surface area contributed by atoms with Crippen LogP contribution in [0.4, 0.5) is 0 Å². The molecule has 1 atom stereocenters. The summed E-state index contributed by atoms with van der Waals surface area (Å²) in [5.41, 5.74) is 0.253. The molecule has 1 aliphatic carbocycles. The maximum absolute atomic E-state index is 12.6. The van der Waals surface area contributed by atoms with Crippen molar-refractivity contribution in [3.05, 3.63) is 46.0 Å². The van der Waals surface area contributed by atoms with E-state index in [0.29, 0.717) is 30.5 Å². The minimum atomic E-state index is -0.221. The van der Waals surface area contributed by atoms with Crippen LogP contribution in [0, 0.1) is 0 Å². The van der Waals surface area contributed by atoms with Crippen LogP contribution in [0.1, 0.15) is 46.9 Å². The fraction of sp³-hybridized carbons (Fsp3) is 0.500. The lowest BCUT2D eigenvalue weighted by Gasteiger charge is -2.37. The minimum absolute atomic E-state index is 0.105. The van der Waals surface area contributed by atoms with Crippen LogP contribution in [0.25, 0.3) is 0 Å². The summed E-state index contributed by atoms with van der Waals surface area (Å²) in [6, 6.07) is 2.80. The summed E-state index contributed by atoms with van der Waals surface area (Å²) in [7, 11) is 1.99. The number of amides is 1. The lowest BCUT2D eigenvalue weighted by atomic mass is 10.1. The summed E-state index contributed by atoms with van der Waals surface area (Å²) < 4.78 is 5.44. The first kappa shape index (κ1) is 15.1. The monoisotopic (exact) mass is 329 g/mol. The van der Waals surface area contributed by atoms with Crippen LogP contribution in [0.15, 0.2) is 27.6 Å². The van der Waals surface area contributed by atoms with Gasteiger partial charge in [-0.3, -0.25) is 14.5 Å². The number of piperazine rings is 1. The molecule has 0 bridgehead atoms. The Morgan fingerprint density at radius 1 is 1.33 bits per heavy atom. The van der Waals surface area contributed by atoms with Crippen LogP contribution < -0.4 is 5.56 Å². The van der Waals surface area contributed by atoms with Crippen molar-refractivity contribution in [3.8, 4) is 0 Å². The SMILES string of the molecule is CN1CCN(C(=O)c2ccc(=O)[nH]c2)C[C@H]1c1nc(C2CC2)no1. The van der Waals surface area contributed by atoms with E-state index in [1.54, 1.807) is 11.0 Å². The highest BCUT2D eigenvalue weighted by molar-refractivity contribution is 5.94. The van der Waals surface area contributed by atoms with Gasteiger partial charge in [0.05, 0.1) is 5.56 Å². The number of likely N-dealkylation sites (N-methyl/N-ethyl adjacent to an activating group) is 1. The number of hydrogen-bond donors (Lipinski definition) is 1. The normalized spacial score (nSPS) is 21.9. The van der Waals surface area contributed by atoms with Gasteiger partial charge in [0.2, 0.25) is 11.4 Å². The highest BCUT2D eigenvalue weighted by Crippen LogP contribution is 2.38. The largest absolute Gasteiger partial charge is 0.338 e. The van der Waals surface area contributed by atoms with E-state index < -0.39 is 0 Å². The van der Waals surface area contributed by atoms with Crippen molar-refractivity contribution in [1.82, 2.24) is 24.9 Å².